The number of carbonyl (C=O) groups excluding carboxylic acids is 1. The van der Waals surface area contributed by atoms with E-state index in [0.29, 0.717) is 17.1 Å². The van der Waals surface area contributed by atoms with E-state index in [1.54, 1.807) is 23.5 Å². The molecular formula is C14H15ClN2OS. The Morgan fingerprint density at radius 3 is 2.63 bits per heavy atom. The summed E-state index contributed by atoms with van der Waals surface area (Å²) in [7, 11) is 0. The Labute approximate surface area is 121 Å². The largest absolute Gasteiger partial charge is 0.366 e. The Balaban J connectivity index is 1.96. The molecule has 0 saturated carbocycles. The highest BCUT2D eigenvalue weighted by Gasteiger charge is 2.06. The first-order valence-corrected chi connectivity index (χ1v) is 7.20. The third-order valence-corrected chi connectivity index (χ3v) is 4.19. The quantitative estimate of drug-likeness (QED) is 0.890. The average Bonchev–Trinajstić information content (AvgIpc) is 2.77. The van der Waals surface area contributed by atoms with E-state index < -0.39 is 5.91 Å². The van der Waals surface area contributed by atoms with Crippen LogP contribution < -0.4 is 11.1 Å². The second-order valence-electron chi connectivity index (χ2n) is 4.35. The molecule has 3 nitrogen and oxygen atoms in total. The van der Waals surface area contributed by atoms with Crippen molar-refractivity contribution in [3.05, 3.63) is 56.2 Å². The van der Waals surface area contributed by atoms with Gasteiger partial charge in [-0.05, 0) is 46.5 Å². The Morgan fingerprint density at radius 1 is 1.32 bits per heavy atom. The van der Waals surface area contributed by atoms with Crippen molar-refractivity contribution in [1.29, 1.82) is 0 Å². The molecule has 0 bridgehead atoms. The van der Waals surface area contributed by atoms with Gasteiger partial charge in [-0.25, -0.2) is 0 Å². The summed E-state index contributed by atoms with van der Waals surface area (Å²) in [4.78, 5) is 11.0. The second-order valence-corrected chi connectivity index (χ2v) is 5.50. The first kappa shape index (κ1) is 14.1. The monoisotopic (exact) mass is 294 g/mol. The summed E-state index contributed by atoms with van der Waals surface area (Å²) < 4.78 is 0. The number of rotatable bonds is 5. The van der Waals surface area contributed by atoms with Gasteiger partial charge in [0.25, 0.3) is 0 Å². The van der Waals surface area contributed by atoms with Crippen LogP contribution in [-0.2, 0) is 13.1 Å². The van der Waals surface area contributed by atoms with Crippen LogP contribution in [0.1, 0.15) is 27.0 Å². The number of amides is 1. The number of hydrogen-bond acceptors (Lipinski definition) is 3. The van der Waals surface area contributed by atoms with Crippen LogP contribution in [0.15, 0.2) is 29.0 Å². The molecule has 2 rings (SSSR count). The van der Waals surface area contributed by atoms with Crippen LogP contribution in [0.3, 0.4) is 0 Å². The number of nitrogens with two attached hydrogens (primary N) is 1. The molecule has 5 heteroatoms. The van der Waals surface area contributed by atoms with Gasteiger partial charge in [0, 0.05) is 23.7 Å². The standard InChI is InChI=1S/C14H15ClN2OS/c1-9-7-19-8-12(9)6-17-5-11-3-2-10(14(16)18)4-13(11)15/h2-4,7-8,17H,5-6H2,1H3,(H2,16,18). The molecule has 0 unspecified atom stereocenters. The first-order valence-electron chi connectivity index (χ1n) is 5.88. The molecule has 1 aromatic carbocycles. The van der Waals surface area contributed by atoms with Crippen LogP contribution in [0.5, 0.6) is 0 Å². The van der Waals surface area contributed by atoms with Gasteiger partial charge in [-0.2, -0.15) is 11.3 Å². The highest BCUT2D eigenvalue weighted by atomic mass is 35.5. The van der Waals surface area contributed by atoms with Gasteiger partial charge >= 0.3 is 0 Å². The molecule has 100 valence electrons. The minimum Gasteiger partial charge on any atom is -0.366 e. The number of carbonyl (C=O) groups is 1. The SMILES string of the molecule is Cc1cscc1CNCc1ccc(C(N)=O)cc1Cl. The first-order chi connectivity index (χ1) is 9.08. The fourth-order valence-electron chi connectivity index (χ4n) is 1.74. The van der Waals surface area contributed by atoms with Crippen LogP contribution in [-0.4, -0.2) is 5.91 Å². The molecule has 1 heterocycles. The number of thiophene rings is 1. The molecule has 0 aliphatic heterocycles. The summed E-state index contributed by atoms with van der Waals surface area (Å²) in [5.41, 5.74) is 9.19. The zero-order chi connectivity index (χ0) is 13.8. The van der Waals surface area contributed by atoms with Gasteiger partial charge < -0.3 is 11.1 Å². The number of benzene rings is 1. The molecule has 1 aromatic heterocycles. The number of nitrogens with one attached hydrogen (secondary N) is 1. The Kier molecular flexibility index (Phi) is 4.58. The number of primary amides is 1. The smallest absolute Gasteiger partial charge is 0.248 e. The van der Waals surface area contributed by atoms with E-state index in [1.807, 2.05) is 6.07 Å². The lowest BCUT2D eigenvalue weighted by atomic mass is 10.1. The molecule has 3 N–H and O–H groups in total. The molecule has 0 spiro atoms. The molecule has 0 aliphatic carbocycles. The zero-order valence-electron chi connectivity index (χ0n) is 10.6. The summed E-state index contributed by atoms with van der Waals surface area (Å²) in [5, 5.41) is 8.17. The highest BCUT2D eigenvalue weighted by molar-refractivity contribution is 7.08. The maximum Gasteiger partial charge on any atom is 0.248 e. The third-order valence-electron chi connectivity index (χ3n) is 2.93. The molecule has 0 atom stereocenters. The topological polar surface area (TPSA) is 55.1 Å². The van der Waals surface area contributed by atoms with Crippen LogP contribution in [0.25, 0.3) is 0 Å². The lowest BCUT2D eigenvalue weighted by molar-refractivity contribution is 0.100. The fourth-order valence-corrected chi connectivity index (χ4v) is 2.85. The van der Waals surface area contributed by atoms with Gasteiger partial charge in [0.1, 0.15) is 0 Å². The number of halogens is 1. The van der Waals surface area contributed by atoms with Gasteiger partial charge in [-0.1, -0.05) is 17.7 Å². The fraction of sp³-hybridized carbons (Fsp3) is 0.214. The minimum atomic E-state index is -0.463. The summed E-state index contributed by atoms with van der Waals surface area (Å²) in [6.07, 6.45) is 0. The van der Waals surface area contributed by atoms with Crippen molar-refractivity contribution in [2.24, 2.45) is 5.73 Å². The molecule has 19 heavy (non-hydrogen) atoms. The average molecular weight is 295 g/mol. The maximum atomic E-state index is 11.0. The molecule has 0 aliphatic rings. The molecule has 1 amide bonds. The van der Waals surface area contributed by atoms with Crippen LogP contribution in [0.2, 0.25) is 5.02 Å². The van der Waals surface area contributed by atoms with E-state index in [2.05, 4.69) is 23.0 Å². The summed E-state index contributed by atoms with van der Waals surface area (Å²) >= 11 is 7.82. The van der Waals surface area contributed by atoms with E-state index in [-0.39, 0.29) is 0 Å². The summed E-state index contributed by atoms with van der Waals surface area (Å²) in [6, 6.07) is 5.13. The van der Waals surface area contributed by atoms with Crippen LogP contribution >= 0.6 is 22.9 Å². The lowest BCUT2D eigenvalue weighted by Gasteiger charge is -2.07. The van der Waals surface area contributed by atoms with Crippen LogP contribution in [0, 0.1) is 6.92 Å². The molecule has 0 fully saturated rings. The summed E-state index contributed by atoms with van der Waals surface area (Å²) in [6.45, 7) is 3.57. The van der Waals surface area contributed by atoms with Crippen molar-refractivity contribution < 1.29 is 4.79 Å². The predicted molar refractivity (Wildman–Crippen MR) is 79.6 cm³/mol. The normalized spacial score (nSPS) is 10.6. The Bertz CT molecular complexity index is 595. The summed E-state index contributed by atoms with van der Waals surface area (Å²) in [5.74, 6) is -0.463. The van der Waals surface area contributed by atoms with Crippen molar-refractivity contribution in [3.8, 4) is 0 Å². The van der Waals surface area contributed by atoms with E-state index in [9.17, 15) is 4.79 Å². The van der Waals surface area contributed by atoms with E-state index >= 15 is 0 Å². The lowest BCUT2D eigenvalue weighted by Crippen LogP contribution is -2.14. The van der Waals surface area contributed by atoms with Gasteiger partial charge in [-0.3, -0.25) is 4.79 Å². The van der Waals surface area contributed by atoms with Crippen molar-refractivity contribution in [2.75, 3.05) is 0 Å². The van der Waals surface area contributed by atoms with Gasteiger partial charge in [0.05, 0.1) is 0 Å². The van der Waals surface area contributed by atoms with E-state index in [0.717, 1.165) is 12.1 Å². The second kappa shape index (κ2) is 6.19. The van der Waals surface area contributed by atoms with Gasteiger partial charge in [0.15, 0.2) is 0 Å². The third kappa shape index (κ3) is 3.56. The van der Waals surface area contributed by atoms with E-state index in [1.165, 1.54) is 11.1 Å². The van der Waals surface area contributed by atoms with Crippen molar-refractivity contribution in [2.45, 2.75) is 20.0 Å². The minimum absolute atomic E-state index is 0.433. The van der Waals surface area contributed by atoms with Crippen molar-refractivity contribution in [1.82, 2.24) is 5.32 Å². The Hall–Kier alpha value is -1.36. The molecule has 0 saturated heterocycles. The zero-order valence-corrected chi connectivity index (χ0v) is 12.1. The predicted octanol–water partition coefficient (Wildman–Crippen LogP) is 3.10. The number of aryl methyl sites for hydroxylation is 1. The highest BCUT2D eigenvalue weighted by Crippen LogP contribution is 2.18. The molecular weight excluding hydrogens is 280 g/mol. The molecule has 0 radical (unpaired) electrons. The Morgan fingerprint density at radius 2 is 2.05 bits per heavy atom. The molecule has 2 aromatic rings. The van der Waals surface area contributed by atoms with Gasteiger partial charge in [0.2, 0.25) is 5.91 Å². The van der Waals surface area contributed by atoms with Crippen LogP contribution in [0.4, 0.5) is 0 Å². The van der Waals surface area contributed by atoms with Crippen molar-refractivity contribution in [3.63, 3.8) is 0 Å². The van der Waals surface area contributed by atoms with Crippen molar-refractivity contribution >= 4 is 28.8 Å². The number of hydrogen-bond donors (Lipinski definition) is 2. The van der Waals surface area contributed by atoms with Gasteiger partial charge in [-0.15, -0.1) is 0 Å². The van der Waals surface area contributed by atoms with E-state index in [4.69, 9.17) is 17.3 Å². The maximum absolute atomic E-state index is 11.0.